The van der Waals surface area contributed by atoms with Gasteiger partial charge in [-0.2, -0.15) is 0 Å². The fourth-order valence-corrected chi connectivity index (χ4v) is 5.48. The minimum Gasteiger partial charge on any atom is -0.463 e. The summed E-state index contributed by atoms with van der Waals surface area (Å²) in [4.78, 5) is 31.9. The lowest BCUT2D eigenvalue weighted by molar-refractivity contribution is -0.139. The number of allylic oxidation sites excluding steroid dienone is 1. The van der Waals surface area contributed by atoms with Crippen molar-refractivity contribution in [3.8, 4) is 11.5 Å². The number of ether oxygens (including phenoxy) is 3. The first-order valence-electron chi connectivity index (χ1n) is 11.0. The molecule has 0 bridgehead atoms. The summed E-state index contributed by atoms with van der Waals surface area (Å²) in [6, 6.07) is 10.9. The van der Waals surface area contributed by atoms with Gasteiger partial charge in [0.1, 0.15) is 0 Å². The van der Waals surface area contributed by atoms with Crippen LogP contribution in [-0.4, -0.2) is 23.9 Å². The third kappa shape index (κ3) is 3.84. The highest BCUT2D eigenvalue weighted by atomic mass is 32.1. The van der Waals surface area contributed by atoms with E-state index in [1.165, 1.54) is 11.3 Å². The molecule has 0 fully saturated rings. The van der Waals surface area contributed by atoms with Crippen molar-refractivity contribution in [3.63, 3.8) is 0 Å². The molecule has 0 aliphatic carbocycles. The molecule has 2 aliphatic rings. The topological polar surface area (TPSA) is 79.1 Å². The maximum absolute atomic E-state index is 13.7. The number of carbonyl (C=O) groups excluding carboxylic acids is 1. The molecule has 3 heterocycles. The molecular formula is C26H24N2O5S. The van der Waals surface area contributed by atoms with Gasteiger partial charge in [-0.3, -0.25) is 9.36 Å². The highest BCUT2D eigenvalue weighted by Gasteiger charge is 2.34. The Labute approximate surface area is 200 Å². The first-order chi connectivity index (χ1) is 16.4. The van der Waals surface area contributed by atoms with Gasteiger partial charge in [0.25, 0.3) is 5.56 Å². The number of hydrogen-bond donors (Lipinski definition) is 0. The molecule has 34 heavy (non-hydrogen) atoms. The van der Waals surface area contributed by atoms with Crippen LogP contribution in [-0.2, 0) is 9.53 Å². The molecule has 0 spiro atoms. The average Bonchev–Trinajstić information content (AvgIpc) is 3.36. The minimum atomic E-state index is -0.689. The van der Waals surface area contributed by atoms with Crippen molar-refractivity contribution in [3.05, 3.63) is 89.6 Å². The smallest absolute Gasteiger partial charge is 0.338 e. The quantitative estimate of drug-likeness (QED) is 0.541. The van der Waals surface area contributed by atoms with Gasteiger partial charge in [0.05, 0.1) is 28.5 Å². The van der Waals surface area contributed by atoms with Gasteiger partial charge in [0, 0.05) is 0 Å². The van der Waals surface area contributed by atoms with Gasteiger partial charge in [0.15, 0.2) is 16.3 Å². The number of nitrogens with zero attached hydrogens (tertiary/aromatic N) is 2. The van der Waals surface area contributed by atoms with Gasteiger partial charge in [-0.15, -0.1) is 0 Å². The average molecular weight is 477 g/mol. The number of aryl methyl sites for hydroxylation is 2. The number of thiazole rings is 1. The van der Waals surface area contributed by atoms with Gasteiger partial charge in [-0.05, 0) is 57.0 Å². The minimum absolute atomic E-state index is 0.136. The van der Waals surface area contributed by atoms with Crippen molar-refractivity contribution in [1.29, 1.82) is 0 Å². The molecule has 2 aliphatic heterocycles. The molecule has 1 atom stereocenters. The Morgan fingerprint density at radius 2 is 1.88 bits per heavy atom. The predicted octanol–water partition coefficient (Wildman–Crippen LogP) is 3.14. The van der Waals surface area contributed by atoms with Crippen LogP contribution in [0.25, 0.3) is 6.08 Å². The summed E-state index contributed by atoms with van der Waals surface area (Å²) in [6.07, 6.45) is 1.88. The molecule has 0 saturated carbocycles. The van der Waals surface area contributed by atoms with Crippen molar-refractivity contribution in [2.75, 3.05) is 13.4 Å². The Morgan fingerprint density at radius 3 is 2.62 bits per heavy atom. The molecule has 1 aromatic heterocycles. The Balaban J connectivity index is 1.73. The Hall–Kier alpha value is -3.65. The SMILES string of the molecule is CCOC(=O)C1=C(C)N=c2s/c(=C\c3cc(C)cc(C)c3)c(=O)n2C1c1ccc2c(c1)OCO2. The van der Waals surface area contributed by atoms with Crippen molar-refractivity contribution in [1.82, 2.24) is 4.57 Å². The van der Waals surface area contributed by atoms with Gasteiger partial charge in [0.2, 0.25) is 6.79 Å². The van der Waals surface area contributed by atoms with Crippen molar-refractivity contribution < 1.29 is 19.0 Å². The zero-order valence-electron chi connectivity index (χ0n) is 19.4. The van der Waals surface area contributed by atoms with E-state index in [0.717, 1.165) is 22.3 Å². The van der Waals surface area contributed by atoms with E-state index in [0.29, 0.717) is 32.1 Å². The number of aromatic nitrogens is 1. The second-order valence-electron chi connectivity index (χ2n) is 8.34. The Morgan fingerprint density at radius 1 is 1.15 bits per heavy atom. The Kier molecular flexibility index (Phi) is 5.61. The van der Waals surface area contributed by atoms with E-state index < -0.39 is 12.0 Å². The second-order valence-corrected chi connectivity index (χ2v) is 9.35. The summed E-state index contributed by atoms with van der Waals surface area (Å²) in [7, 11) is 0. The summed E-state index contributed by atoms with van der Waals surface area (Å²) < 4.78 is 18.5. The fraction of sp³-hybridized carbons (Fsp3) is 0.269. The van der Waals surface area contributed by atoms with Crippen LogP contribution in [0.4, 0.5) is 0 Å². The number of hydrogen-bond acceptors (Lipinski definition) is 7. The molecule has 2 aromatic carbocycles. The molecule has 0 saturated heterocycles. The first-order valence-corrected chi connectivity index (χ1v) is 11.8. The van der Waals surface area contributed by atoms with Crippen LogP contribution in [0.5, 0.6) is 11.5 Å². The number of carbonyl (C=O) groups is 1. The van der Waals surface area contributed by atoms with E-state index in [1.807, 2.05) is 44.2 Å². The fourth-order valence-electron chi connectivity index (χ4n) is 4.43. The molecule has 0 radical (unpaired) electrons. The molecule has 174 valence electrons. The first kappa shape index (κ1) is 22.2. The lowest BCUT2D eigenvalue weighted by atomic mass is 9.95. The van der Waals surface area contributed by atoms with E-state index in [1.54, 1.807) is 24.5 Å². The van der Waals surface area contributed by atoms with Crippen molar-refractivity contribution >= 4 is 23.4 Å². The number of rotatable bonds is 4. The highest BCUT2D eigenvalue weighted by Crippen LogP contribution is 2.38. The van der Waals surface area contributed by atoms with Crippen molar-refractivity contribution in [2.24, 2.45) is 4.99 Å². The van der Waals surface area contributed by atoms with E-state index in [4.69, 9.17) is 14.2 Å². The molecule has 5 rings (SSSR count). The highest BCUT2D eigenvalue weighted by molar-refractivity contribution is 7.07. The van der Waals surface area contributed by atoms with Gasteiger partial charge in [-0.1, -0.05) is 46.7 Å². The van der Waals surface area contributed by atoms with Gasteiger partial charge >= 0.3 is 5.97 Å². The molecule has 7 nitrogen and oxygen atoms in total. The van der Waals surface area contributed by atoms with Crippen LogP contribution in [0.2, 0.25) is 0 Å². The summed E-state index contributed by atoms with van der Waals surface area (Å²) in [5.74, 6) is 0.715. The van der Waals surface area contributed by atoms with Crippen LogP contribution in [0.15, 0.2) is 57.5 Å². The maximum atomic E-state index is 13.7. The van der Waals surface area contributed by atoms with Gasteiger partial charge < -0.3 is 14.2 Å². The number of fused-ring (bicyclic) bond motifs is 2. The summed E-state index contributed by atoms with van der Waals surface area (Å²) >= 11 is 1.31. The van der Waals surface area contributed by atoms with Crippen LogP contribution in [0.3, 0.4) is 0 Å². The monoisotopic (exact) mass is 476 g/mol. The van der Waals surface area contributed by atoms with E-state index in [-0.39, 0.29) is 19.0 Å². The van der Waals surface area contributed by atoms with E-state index in [2.05, 4.69) is 11.1 Å². The number of benzene rings is 2. The van der Waals surface area contributed by atoms with Crippen molar-refractivity contribution in [2.45, 2.75) is 33.7 Å². The summed E-state index contributed by atoms with van der Waals surface area (Å²) in [5, 5.41) is 0. The zero-order valence-corrected chi connectivity index (χ0v) is 20.2. The largest absolute Gasteiger partial charge is 0.463 e. The third-order valence-corrected chi connectivity index (χ3v) is 6.75. The number of esters is 1. The molecule has 1 unspecified atom stereocenters. The predicted molar refractivity (Wildman–Crippen MR) is 129 cm³/mol. The summed E-state index contributed by atoms with van der Waals surface area (Å²) in [6.45, 7) is 7.94. The molecule has 3 aromatic rings. The van der Waals surface area contributed by atoms with Crippen LogP contribution in [0.1, 0.15) is 42.1 Å². The standard InChI is InChI=1S/C26H24N2O5S/c1-5-31-25(30)22-16(4)27-26-28(23(22)18-6-7-19-20(12-18)33-13-32-19)24(29)21(34-26)11-17-9-14(2)8-15(3)10-17/h6-12,23H,5,13H2,1-4H3/b21-11-. The lowest BCUT2D eigenvalue weighted by Gasteiger charge is -2.24. The molecular weight excluding hydrogens is 452 g/mol. The normalized spacial score (nSPS) is 16.9. The summed E-state index contributed by atoms with van der Waals surface area (Å²) in [5.41, 5.74) is 4.58. The van der Waals surface area contributed by atoms with Crippen LogP contribution >= 0.6 is 11.3 Å². The van der Waals surface area contributed by atoms with Gasteiger partial charge in [-0.25, -0.2) is 9.79 Å². The molecule has 0 amide bonds. The van der Waals surface area contributed by atoms with Crippen LogP contribution in [0, 0.1) is 13.8 Å². The Bertz CT molecular complexity index is 1510. The maximum Gasteiger partial charge on any atom is 0.338 e. The van der Waals surface area contributed by atoms with E-state index >= 15 is 0 Å². The van der Waals surface area contributed by atoms with E-state index in [9.17, 15) is 9.59 Å². The molecule has 8 heteroatoms. The third-order valence-electron chi connectivity index (χ3n) is 5.77. The van der Waals surface area contributed by atoms with Crippen LogP contribution < -0.4 is 24.4 Å². The lowest BCUT2D eigenvalue weighted by Crippen LogP contribution is -2.39. The molecule has 0 N–H and O–H groups in total. The second kappa shape index (κ2) is 8.61. The zero-order chi connectivity index (χ0) is 24.0.